The van der Waals surface area contributed by atoms with Crippen molar-refractivity contribution in [2.75, 3.05) is 5.32 Å². The first kappa shape index (κ1) is 16.8. The molecule has 4 aromatic rings. The van der Waals surface area contributed by atoms with Gasteiger partial charge in [-0.3, -0.25) is 4.79 Å². The topological polar surface area (TPSA) is 59.8 Å². The van der Waals surface area contributed by atoms with E-state index in [4.69, 9.17) is 0 Å². The summed E-state index contributed by atoms with van der Waals surface area (Å²) < 4.78 is 28.0. The zero-order chi connectivity index (χ0) is 19.0. The first-order valence-corrected chi connectivity index (χ1v) is 8.20. The Morgan fingerprint density at radius 2 is 1.81 bits per heavy atom. The predicted octanol–water partition coefficient (Wildman–Crippen LogP) is 4.26. The molecule has 4 rings (SSSR count). The smallest absolute Gasteiger partial charge is 0.256 e. The number of aromatic nitrogens is 3. The van der Waals surface area contributed by atoms with Gasteiger partial charge in [-0.2, -0.15) is 9.78 Å². The minimum absolute atomic E-state index is 0.00535. The number of pyridine rings is 1. The van der Waals surface area contributed by atoms with Crippen LogP contribution in [0, 0.1) is 18.6 Å². The first-order chi connectivity index (χ1) is 13.0. The third-order valence-corrected chi connectivity index (χ3v) is 4.06. The number of fused-ring (bicyclic) bond motifs is 1. The van der Waals surface area contributed by atoms with Gasteiger partial charge in [0.25, 0.3) is 5.91 Å². The number of nitrogens with one attached hydrogen (secondary N) is 1. The lowest BCUT2D eigenvalue weighted by molar-refractivity contribution is 0.102. The van der Waals surface area contributed by atoms with Gasteiger partial charge in [-0.05, 0) is 43.3 Å². The number of para-hydroxylation sites is 1. The van der Waals surface area contributed by atoms with Crippen LogP contribution in [0.2, 0.25) is 0 Å². The van der Waals surface area contributed by atoms with Crippen molar-refractivity contribution < 1.29 is 13.6 Å². The Morgan fingerprint density at radius 1 is 1.00 bits per heavy atom. The Morgan fingerprint density at radius 3 is 2.63 bits per heavy atom. The Balaban J connectivity index is 1.69. The minimum atomic E-state index is -1.08. The van der Waals surface area contributed by atoms with Gasteiger partial charge in [0.05, 0.1) is 11.2 Å². The van der Waals surface area contributed by atoms with Gasteiger partial charge in [0.15, 0.2) is 17.5 Å². The SMILES string of the molecule is Cc1cc(NC(=O)c2ccc(F)c(F)c2)n(-c2ccc3ccccc3n2)n1. The summed E-state index contributed by atoms with van der Waals surface area (Å²) in [4.78, 5) is 17.0. The number of benzene rings is 2. The molecule has 1 amide bonds. The highest BCUT2D eigenvalue weighted by atomic mass is 19.2. The predicted molar refractivity (Wildman–Crippen MR) is 97.9 cm³/mol. The molecule has 2 aromatic carbocycles. The summed E-state index contributed by atoms with van der Waals surface area (Å²) in [5, 5.41) is 8.03. The van der Waals surface area contributed by atoms with Gasteiger partial charge >= 0.3 is 0 Å². The first-order valence-electron chi connectivity index (χ1n) is 8.20. The highest BCUT2D eigenvalue weighted by molar-refractivity contribution is 6.04. The fourth-order valence-electron chi connectivity index (χ4n) is 2.76. The second-order valence-corrected chi connectivity index (χ2v) is 6.03. The Bertz CT molecular complexity index is 1170. The molecular formula is C20H14F2N4O. The van der Waals surface area contributed by atoms with Crippen LogP contribution in [0.25, 0.3) is 16.7 Å². The number of hydrogen-bond acceptors (Lipinski definition) is 3. The number of rotatable bonds is 3. The van der Waals surface area contributed by atoms with E-state index in [1.165, 1.54) is 10.7 Å². The van der Waals surface area contributed by atoms with Gasteiger partial charge < -0.3 is 5.32 Å². The largest absolute Gasteiger partial charge is 0.306 e. The van der Waals surface area contributed by atoms with Gasteiger partial charge in [-0.25, -0.2) is 13.8 Å². The molecule has 5 nitrogen and oxygen atoms in total. The Kier molecular flexibility index (Phi) is 4.12. The second-order valence-electron chi connectivity index (χ2n) is 6.03. The molecule has 0 saturated carbocycles. The van der Waals surface area contributed by atoms with Gasteiger partial charge in [0.2, 0.25) is 0 Å². The number of aryl methyl sites for hydroxylation is 1. The molecule has 2 aromatic heterocycles. The van der Waals surface area contributed by atoms with Crippen LogP contribution in [0.3, 0.4) is 0 Å². The molecule has 0 bridgehead atoms. The van der Waals surface area contributed by atoms with Crippen molar-refractivity contribution in [1.82, 2.24) is 14.8 Å². The van der Waals surface area contributed by atoms with Crippen LogP contribution in [0.15, 0.2) is 60.7 Å². The van der Waals surface area contributed by atoms with Crippen molar-refractivity contribution in [3.05, 3.63) is 83.6 Å². The summed E-state index contributed by atoms with van der Waals surface area (Å²) in [7, 11) is 0. The van der Waals surface area contributed by atoms with Crippen molar-refractivity contribution in [3.63, 3.8) is 0 Å². The van der Waals surface area contributed by atoms with Crippen molar-refractivity contribution in [2.45, 2.75) is 6.92 Å². The minimum Gasteiger partial charge on any atom is -0.306 e. The summed E-state index contributed by atoms with van der Waals surface area (Å²) in [5.41, 5.74) is 1.47. The van der Waals surface area contributed by atoms with E-state index < -0.39 is 17.5 Å². The zero-order valence-electron chi connectivity index (χ0n) is 14.3. The summed E-state index contributed by atoms with van der Waals surface area (Å²) in [6, 6.07) is 16.0. The van der Waals surface area contributed by atoms with E-state index in [2.05, 4.69) is 15.4 Å². The molecule has 0 atom stereocenters. The summed E-state index contributed by atoms with van der Waals surface area (Å²) >= 11 is 0. The standard InChI is InChI=1S/C20H14F2N4O/c1-12-10-19(24-20(27)14-6-8-15(21)16(22)11-14)26(25-12)18-9-7-13-4-2-3-5-17(13)23-18/h2-11H,1H3,(H,24,27). The van der Waals surface area contributed by atoms with Crippen LogP contribution in [0.4, 0.5) is 14.6 Å². The molecule has 134 valence electrons. The van der Waals surface area contributed by atoms with Crippen LogP contribution < -0.4 is 5.32 Å². The van der Waals surface area contributed by atoms with Crippen LogP contribution in [0.5, 0.6) is 0 Å². The molecule has 0 aliphatic rings. The lowest BCUT2D eigenvalue weighted by Crippen LogP contribution is -2.16. The van der Waals surface area contributed by atoms with Gasteiger partial charge in [0, 0.05) is 17.0 Å². The Hall–Kier alpha value is -3.61. The summed E-state index contributed by atoms with van der Waals surface area (Å²) in [5.74, 6) is -1.75. The molecule has 0 spiro atoms. The van der Waals surface area contributed by atoms with E-state index in [0.717, 1.165) is 23.0 Å². The maximum absolute atomic E-state index is 13.4. The monoisotopic (exact) mass is 364 g/mol. The average Bonchev–Trinajstić information content (AvgIpc) is 3.03. The van der Waals surface area contributed by atoms with Crippen molar-refractivity contribution in [1.29, 1.82) is 0 Å². The fraction of sp³-hybridized carbons (Fsp3) is 0.0500. The second kappa shape index (κ2) is 6.60. The van der Waals surface area contributed by atoms with E-state index >= 15 is 0 Å². The number of hydrogen-bond donors (Lipinski definition) is 1. The van der Waals surface area contributed by atoms with Gasteiger partial charge in [0.1, 0.15) is 5.82 Å². The third-order valence-electron chi connectivity index (χ3n) is 4.06. The average molecular weight is 364 g/mol. The fourth-order valence-corrected chi connectivity index (χ4v) is 2.76. The van der Waals surface area contributed by atoms with E-state index in [1.807, 2.05) is 30.3 Å². The number of carbonyl (C=O) groups is 1. The van der Waals surface area contributed by atoms with Gasteiger partial charge in [-0.15, -0.1) is 0 Å². The highest BCUT2D eigenvalue weighted by Crippen LogP contribution is 2.20. The van der Waals surface area contributed by atoms with E-state index in [0.29, 0.717) is 17.3 Å². The number of nitrogens with zero attached hydrogens (tertiary/aromatic N) is 3. The van der Waals surface area contributed by atoms with Crippen molar-refractivity contribution >= 4 is 22.6 Å². The van der Waals surface area contributed by atoms with Crippen molar-refractivity contribution in [3.8, 4) is 5.82 Å². The van der Waals surface area contributed by atoms with E-state index in [-0.39, 0.29) is 5.56 Å². The van der Waals surface area contributed by atoms with Crippen LogP contribution in [-0.4, -0.2) is 20.7 Å². The normalized spacial score (nSPS) is 10.9. The number of anilines is 1. The molecule has 0 aliphatic carbocycles. The van der Waals surface area contributed by atoms with Crippen LogP contribution in [-0.2, 0) is 0 Å². The quantitative estimate of drug-likeness (QED) is 0.591. The van der Waals surface area contributed by atoms with E-state index in [9.17, 15) is 13.6 Å². The maximum atomic E-state index is 13.4. The van der Waals surface area contributed by atoms with Crippen molar-refractivity contribution in [2.24, 2.45) is 0 Å². The molecule has 7 heteroatoms. The van der Waals surface area contributed by atoms with Crippen LogP contribution in [0.1, 0.15) is 16.1 Å². The summed E-state index contributed by atoms with van der Waals surface area (Å²) in [6.07, 6.45) is 0. The Labute approximate surface area is 153 Å². The molecule has 0 unspecified atom stereocenters. The van der Waals surface area contributed by atoms with Gasteiger partial charge in [-0.1, -0.05) is 18.2 Å². The number of amides is 1. The molecule has 0 fully saturated rings. The molecule has 0 saturated heterocycles. The number of carbonyl (C=O) groups excluding carboxylic acids is 1. The molecular weight excluding hydrogens is 350 g/mol. The summed E-state index contributed by atoms with van der Waals surface area (Å²) in [6.45, 7) is 1.78. The maximum Gasteiger partial charge on any atom is 0.256 e. The zero-order valence-corrected chi connectivity index (χ0v) is 14.3. The lowest BCUT2D eigenvalue weighted by atomic mass is 10.2. The number of halogens is 2. The van der Waals surface area contributed by atoms with Crippen LogP contribution >= 0.6 is 0 Å². The highest BCUT2D eigenvalue weighted by Gasteiger charge is 2.15. The molecule has 1 N–H and O–H groups in total. The molecule has 27 heavy (non-hydrogen) atoms. The molecule has 0 aliphatic heterocycles. The lowest BCUT2D eigenvalue weighted by Gasteiger charge is -2.09. The van der Waals surface area contributed by atoms with E-state index in [1.54, 1.807) is 19.1 Å². The third kappa shape index (κ3) is 3.27. The molecule has 0 radical (unpaired) electrons. The molecule has 2 heterocycles.